The number of benzene rings is 2. The molecule has 9 nitrogen and oxygen atoms in total. The smallest absolute Gasteiger partial charge is 0.331 e. The molecule has 9 heteroatoms. The molecule has 3 rings (SSSR count). The lowest BCUT2D eigenvalue weighted by Gasteiger charge is -2.18. The zero-order valence-electron chi connectivity index (χ0n) is 15.5. The Bertz CT molecular complexity index is 985. The van der Waals surface area contributed by atoms with Gasteiger partial charge in [-0.2, -0.15) is 0 Å². The molecule has 0 aliphatic carbocycles. The summed E-state index contributed by atoms with van der Waals surface area (Å²) in [4.78, 5) is 34.3. The van der Waals surface area contributed by atoms with Crippen LogP contribution in [0.15, 0.2) is 42.5 Å². The van der Waals surface area contributed by atoms with Crippen molar-refractivity contribution in [2.24, 2.45) is 0 Å². The Morgan fingerprint density at radius 3 is 2.72 bits per heavy atom. The molecule has 0 spiro atoms. The summed E-state index contributed by atoms with van der Waals surface area (Å²) < 4.78 is 15.8. The van der Waals surface area contributed by atoms with Gasteiger partial charge in [0.15, 0.2) is 18.1 Å². The van der Waals surface area contributed by atoms with Gasteiger partial charge in [-0.25, -0.2) is 4.79 Å². The van der Waals surface area contributed by atoms with Crippen molar-refractivity contribution in [1.82, 2.24) is 0 Å². The highest BCUT2D eigenvalue weighted by molar-refractivity contribution is 5.96. The van der Waals surface area contributed by atoms with Crippen LogP contribution in [0.4, 0.5) is 11.4 Å². The number of hydrogen-bond acceptors (Lipinski definition) is 7. The Labute approximate surface area is 166 Å². The molecule has 0 bridgehead atoms. The van der Waals surface area contributed by atoms with Crippen LogP contribution in [0.1, 0.15) is 11.1 Å². The number of nitrogens with zero attached hydrogens (tertiary/aromatic N) is 1. The minimum atomic E-state index is -0.727. The van der Waals surface area contributed by atoms with Gasteiger partial charge in [-0.05, 0) is 36.3 Å². The number of amides is 1. The van der Waals surface area contributed by atoms with E-state index in [2.05, 4.69) is 5.32 Å². The molecule has 0 aromatic heterocycles. The number of anilines is 1. The molecule has 1 N–H and O–H groups in total. The molecule has 1 heterocycles. The number of fused-ring (bicyclic) bond motifs is 1. The predicted octanol–water partition coefficient (Wildman–Crippen LogP) is 2.87. The maximum absolute atomic E-state index is 12.0. The van der Waals surface area contributed by atoms with Gasteiger partial charge in [0.25, 0.3) is 11.6 Å². The molecule has 0 fully saturated rings. The first-order valence-corrected chi connectivity index (χ1v) is 8.72. The van der Waals surface area contributed by atoms with E-state index in [-0.39, 0.29) is 11.4 Å². The van der Waals surface area contributed by atoms with Crippen molar-refractivity contribution in [3.05, 3.63) is 63.7 Å². The lowest BCUT2D eigenvalue weighted by Crippen LogP contribution is -2.21. The number of nitro groups is 1. The van der Waals surface area contributed by atoms with Crippen LogP contribution in [0.25, 0.3) is 6.08 Å². The quantitative estimate of drug-likeness (QED) is 0.344. The molecule has 29 heavy (non-hydrogen) atoms. The molecule has 0 atom stereocenters. The van der Waals surface area contributed by atoms with Crippen LogP contribution in [-0.2, 0) is 14.3 Å². The van der Waals surface area contributed by atoms with Gasteiger partial charge in [-0.1, -0.05) is 18.2 Å². The van der Waals surface area contributed by atoms with Gasteiger partial charge in [-0.15, -0.1) is 0 Å². The number of para-hydroxylation sites is 1. The van der Waals surface area contributed by atoms with E-state index in [9.17, 15) is 19.7 Å². The third-order valence-electron chi connectivity index (χ3n) is 4.04. The number of nitro benzene ring substituents is 1. The molecule has 0 saturated heterocycles. The van der Waals surface area contributed by atoms with E-state index < -0.39 is 23.4 Å². The fourth-order valence-corrected chi connectivity index (χ4v) is 2.66. The molecule has 2 aromatic rings. The van der Waals surface area contributed by atoms with Crippen molar-refractivity contribution < 1.29 is 28.7 Å². The zero-order valence-corrected chi connectivity index (χ0v) is 15.5. The summed E-state index contributed by atoms with van der Waals surface area (Å²) in [7, 11) is 0. The van der Waals surface area contributed by atoms with E-state index >= 15 is 0 Å². The van der Waals surface area contributed by atoms with Gasteiger partial charge in [-0.3, -0.25) is 14.9 Å². The SMILES string of the molecule is Cc1cccc([N+](=O)[O-])c1NC(=O)COC(=O)/C=C/c1ccc2c(c1)OCCO2. The monoisotopic (exact) mass is 398 g/mol. The third kappa shape index (κ3) is 5.10. The Balaban J connectivity index is 1.55. The Morgan fingerprint density at radius 2 is 1.97 bits per heavy atom. The second-order valence-corrected chi connectivity index (χ2v) is 6.12. The third-order valence-corrected chi connectivity index (χ3v) is 4.04. The standard InChI is InChI=1S/C20H18N2O7/c1-13-3-2-4-15(22(25)26)20(13)21-18(23)12-29-19(24)8-6-14-5-7-16-17(11-14)28-10-9-27-16/h2-8,11H,9-10,12H2,1H3,(H,21,23)/b8-6+. The first-order valence-electron chi connectivity index (χ1n) is 8.72. The Morgan fingerprint density at radius 1 is 1.21 bits per heavy atom. The topological polar surface area (TPSA) is 117 Å². The summed E-state index contributed by atoms with van der Waals surface area (Å²) in [6, 6.07) is 9.65. The number of hydrogen-bond donors (Lipinski definition) is 1. The number of esters is 1. The highest BCUT2D eigenvalue weighted by Gasteiger charge is 2.18. The highest BCUT2D eigenvalue weighted by Crippen LogP contribution is 2.31. The minimum Gasteiger partial charge on any atom is -0.486 e. The normalized spacial score (nSPS) is 12.4. The van der Waals surface area contributed by atoms with Gasteiger partial charge < -0.3 is 19.5 Å². The van der Waals surface area contributed by atoms with Gasteiger partial charge >= 0.3 is 5.97 Å². The number of carbonyl (C=O) groups excluding carboxylic acids is 2. The van der Waals surface area contributed by atoms with Gasteiger partial charge in [0, 0.05) is 12.1 Å². The van der Waals surface area contributed by atoms with Crippen LogP contribution in [0.2, 0.25) is 0 Å². The van der Waals surface area contributed by atoms with Crippen LogP contribution < -0.4 is 14.8 Å². The van der Waals surface area contributed by atoms with E-state index in [0.717, 1.165) is 0 Å². The molecule has 1 amide bonds. The van der Waals surface area contributed by atoms with Crippen LogP contribution in [-0.4, -0.2) is 36.6 Å². The highest BCUT2D eigenvalue weighted by atomic mass is 16.6. The fourth-order valence-electron chi connectivity index (χ4n) is 2.66. The van der Waals surface area contributed by atoms with Crippen LogP contribution in [0.5, 0.6) is 11.5 Å². The lowest BCUT2D eigenvalue weighted by molar-refractivity contribution is -0.384. The molecule has 0 saturated carbocycles. The van der Waals surface area contributed by atoms with Crippen molar-refractivity contribution in [1.29, 1.82) is 0 Å². The van der Waals surface area contributed by atoms with Crippen LogP contribution >= 0.6 is 0 Å². The van der Waals surface area contributed by atoms with E-state index in [1.807, 2.05) is 0 Å². The summed E-state index contributed by atoms with van der Waals surface area (Å²) in [5, 5.41) is 13.5. The predicted molar refractivity (Wildman–Crippen MR) is 104 cm³/mol. The number of rotatable bonds is 6. The molecule has 150 valence electrons. The number of nitrogens with one attached hydrogen (secondary N) is 1. The number of carbonyl (C=O) groups is 2. The van der Waals surface area contributed by atoms with Crippen molar-refractivity contribution in [3.8, 4) is 11.5 Å². The summed E-state index contributed by atoms with van der Waals surface area (Å²) in [6.45, 7) is 2.00. The van der Waals surface area contributed by atoms with Crippen molar-refractivity contribution in [3.63, 3.8) is 0 Å². The maximum atomic E-state index is 12.0. The second-order valence-electron chi connectivity index (χ2n) is 6.12. The van der Waals surface area contributed by atoms with Crippen molar-refractivity contribution in [2.45, 2.75) is 6.92 Å². The van der Waals surface area contributed by atoms with Crippen molar-refractivity contribution >= 4 is 29.3 Å². The molecule has 1 aliphatic rings. The summed E-state index contributed by atoms with van der Waals surface area (Å²) in [6.07, 6.45) is 2.69. The van der Waals surface area contributed by atoms with Crippen LogP contribution in [0.3, 0.4) is 0 Å². The zero-order chi connectivity index (χ0) is 20.8. The molecule has 0 unspecified atom stereocenters. The molecular weight excluding hydrogens is 380 g/mol. The largest absolute Gasteiger partial charge is 0.486 e. The number of ether oxygens (including phenoxy) is 3. The van der Waals surface area contributed by atoms with Gasteiger partial charge in [0.05, 0.1) is 4.92 Å². The first kappa shape index (κ1) is 19.9. The van der Waals surface area contributed by atoms with Crippen LogP contribution in [0, 0.1) is 17.0 Å². The average Bonchev–Trinajstić information content (AvgIpc) is 2.71. The molecule has 2 aromatic carbocycles. The van der Waals surface area contributed by atoms with E-state index in [4.69, 9.17) is 14.2 Å². The average molecular weight is 398 g/mol. The minimum absolute atomic E-state index is 0.0744. The second kappa shape index (κ2) is 8.87. The number of aryl methyl sites for hydroxylation is 1. The lowest BCUT2D eigenvalue weighted by atomic mass is 10.1. The molecular formula is C20H18N2O7. The van der Waals surface area contributed by atoms with Crippen molar-refractivity contribution in [2.75, 3.05) is 25.1 Å². The van der Waals surface area contributed by atoms with E-state index in [1.165, 1.54) is 24.3 Å². The van der Waals surface area contributed by atoms with E-state index in [1.54, 1.807) is 31.2 Å². The van der Waals surface area contributed by atoms with Gasteiger partial charge in [0.1, 0.15) is 18.9 Å². The summed E-state index contributed by atoms with van der Waals surface area (Å²) >= 11 is 0. The molecule has 1 aliphatic heterocycles. The maximum Gasteiger partial charge on any atom is 0.331 e. The fraction of sp³-hybridized carbons (Fsp3) is 0.200. The Hall–Kier alpha value is -3.88. The summed E-state index contributed by atoms with van der Waals surface area (Å²) in [5.41, 5.74) is 1.07. The Kier molecular flexibility index (Phi) is 6.08. The molecule has 0 radical (unpaired) electrons. The first-order chi connectivity index (χ1) is 13.9. The summed E-state index contributed by atoms with van der Waals surface area (Å²) in [5.74, 6) is -0.179. The van der Waals surface area contributed by atoms with Gasteiger partial charge in [0.2, 0.25) is 0 Å². The van der Waals surface area contributed by atoms with E-state index in [0.29, 0.717) is 35.8 Å².